The van der Waals surface area contributed by atoms with Crippen LogP contribution in [0, 0.1) is 6.07 Å². The molecule has 21 heavy (non-hydrogen) atoms. The monoisotopic (exact) mass is 339 g/mol. The molecule has 4 nitrogen and oxygen atoms in total. The van der Waals surface area contributed by atoms with Crippen LogP contribution in [0.25, 0.3) is 20.5 Å². The zero-order valence-electron chi connectivity index (χ0n) is 10.4. The van der Waals surface area contributed by atoms with Crippen molar-refractivity contribution in [1.82, 2.24) is 0 Å². The van der Waals surface area contributed by atoms with Gasteiger partial charge in [0, 0.05) is 21.0 Å². The Bertz CT molecular complexity index is 884. The summed E-state index contributed by atoms with van der Waals surface area (Å²) in [6.45, 7) is 0. The summed E-state index contributed by atoms with van der Waals surface area (Å²) < 4.78 is 12.0. The molecule has 0 unspecified atom stereocenters. The van der Waals surface area contributed by atoms with E-state index in [1.165, 1.54) is 29.5 Å². The maximum absolute atomic E-state index is 11.3. The van der Waals surface area contributed by atoms with Crippen LogP contribution in [0.15, 0.2) is 36.4 Å². The lowest BCUT2D eigenvalue weighted by molar-refractivity contribution is 0.387. The summed E-state index contributed by atoms with van der Waals surface area (Å²) in [5.41, 5.74) is 0.789. The first-order valence-corrected chi connectivity index (χ1v) is 8.66. The van der Waals surface area contributed by atoms with Crippen molar-refractivity contribution in [3.8, 4) is 16.2 Å². The van der Waals surface area contributed by atoms with Gasteiger partial charge in [0.15, 0.2) is 0 Å². The third kappa shape index (κ3) is 2.84. The first kappa shape index (κ1) is 14.6. The predicted molar refractivity (Wildman–Crippen MR) is 84.4 cm³/mol. The quantitative estimate of drug-likeness (QED) is 0.624. The molecule has 0 aliphatic carbocycles. The molecule has 3 aromatic rings. The van der Waals surface area contributed by atoms with E-state index in [9.17, 15) is 19.5 Å². The number of phenolic OH excluding ortho intramolecular Hbond substituents is 1. The largest absolute Gasteiger partial charge is 0.506 e. The lowest BCUT2D eigenvalue weighted by atomic mass is 10.1. The Balaban J connectivity index is 2.12. The minimum absolute atomic E-state index is 0.00492. The molecule has 1 radical (unpaired) electrons. The van der Waals surface area contributed by atoms with E-state index in [0.29, 0.717) is 0 Å². The van der Waals surface area contributed by atoms with E-state index in [2.05, 4.69) is 6.07 Å². The van der Waals surface area contributed by atoms with Crippen molar-refractivity contribution in [2.75, 3.05) is 0 Å². The summed E-state index contributed by atoms with van der Waals surface area (Å²) in [4.78, 5) is 19.2. The van der Waals surface area contributed by atoms with E-state index in [0.717, 1.165) is 20.5 Å². The average Bonchev–Trinajstić information content (AvgIpc) is 2.83. The fourth-order valence-corrected chi connectivity index (χ4v) is 3.79. The molecule has 107 valence electrons. The molecule has 3 N–H and O–H groups in total. The van der Waals surface area contributed by atoms with Crippen molar-refractivity contribution in [2.45, 2.75) is 0 Å². The van der Waals surface area contributed by atoms with E-state index in [-0.39, 0.29) is 16.1 Å². The van der Waals surface area contributed by atoms with E-state index in [4.69, 9.17) is 11.6 Å². The number of thiophene rings is 1. The molecule has 0 bridgehead atoms. The number of aromatic hydroxyl groups is 1. The van der Waals surface area contributed by atoms with Gasteiger partial charge in [-0.3, -0.25) is 4.57 Å². The molecule has 2 aromatic carbocycles. The highest BCUT2D eigenvalue weighted by atomic mass is 35.5. The van der Waals surface area contributed by atoms with Crippen molar-refractivity contribution < 1.29 is 19.5 Å². The molecule has 1 heterocycles. The van der Waals surface area contributed by atoms with Gasteiger partial charge in [0.25, 0.3) is 0 Å². The summed E-state index contributed by atoms with van der Waals surface area (Å²) in [6, 6.07) is 12.5. The van der Waals surface area contributed by atoms with Gasteiger partial charge in [-0.05, 0) is 35.9 Å². The van der Waals surface area contributed by atoms with Gasteiger partial charge >= 0.3 is 7.60 Å². The predicted octanol–water partition coefficient (Wildman–Crippen LogP) is 3.53. The fourth-order valence-electron chi connectivity index (χ4n) is 1.92. The number of fused-ring (bicyclic) bond motifs is 1. The average molecular weight is 340 g/mol. The van der Waals surface area contributed by atoms with E-state index < -0.39 is 7.60 Å². The molecular formula is C14H9ClO4PS. The van der Waals surface area contributed by atoms with Gasteiger partial charge in [0.05, 0.1) is 10.3 Å². The first-order valence-electron chi connectivity index (χ1n) is 5.85. The SMILES string of the molecule is O=P(O)(O)c1ccc2[c]c(-c3ccc(O)c(Cl)c3)sc2c1. The van der Waals surface area contributed by atoms with Crippen LogP contribution in [0.1, 0.15) is 0 Å². The molecule has 0 saturated carbocycles. The molecule has 3 rings (SSSR count). The van der Waals surface area contributed by atoms with Crippen molar-refractivity contribution >= 4 is 45.9 Å². The van der Waals surface area contributed by atoms with Gasteiger partial charge < -0.3 is 14.9 Å². The van der Waals surface area contributed by atoms with Crippen LogP contribution < -0.4 is 5.30 Å². The number of phenols is 1. The number of benzene rings is 2. The second-order valence-electron chi connectivity index (χ2n) is 4.45. The van der Waals surface area contributed by atoms with E-state index in [1.807, 2.05) is 0 Å². The number of halogens is 1. The zero-order chi connectivity index (χ0) is 15.2. The molecular weight excluding hydrogens is 331 g/mol. The van der Waals surface area contributed by atoms with E-state index in [1.54, 1.807) is 18.2 Å². The Morgan fingerprint density at radius 3 is 2.57 bits per heavy atom. The van der Waals surface area contributed by atoms with Crippen LogP contribution in [0.5, 0.6) is 5.75 Å². The number of hydrogen-bond acceptors (Lipinski definition) is 3. The van der Waals surface area contributed by atoms with Gasteiger partial charge in [-0.2, -0.15) is 0 Å². The Kier molecular flexibility index (Phi) is 3.56. The highest BCUT2D eigenvalue weighted by Crippen LogP contribution is 2.39. The third-order valence-corrected chi connectivity index (χ3v) is 5.32. The van der Waals surface area contributed by atoms with Gasteiger partial charge in [-0.1, -0.05) is 17.7 Å². The van der Waals surface area contributed by atoms with Crippen molar-refractivity contribution in [3.63, 3.8) is 0 Å². The Morgan fingerprint density at radius 2 is 1.90 bits per heavy atom. The number of rotatable bonds is 2. The maximum Gasteiger partial charge on any atom is 0.356 e. The molecule has 0 spiro atoms. The summed E-state index contributed by atoms with van der Waals surface area (Å²) in [5, 5.41) is 10.4. The minimum atomic E-state index is -4.26. The molecule has 0 fully saturated rings. The summed E-state index contributed by atoms with van der Waals surface area (Å²) >= 11 is 7.24. The molecule has 0 atom stereocenters. The van der Waals surface area contributed by atoms with Crippen LogP contribution in [0.3, 0.4) is 0 Å². The Labute approximate surface area is 129 Å². The molecule has 0 aliphatic heterocycles. The van der Waals surface area contributed by atoms with Gasteiger partial charge in [-0.25, -0.2) is 0 Å². The molecule has 0 amide bonds. The van der Waals surface area contributed by atoms with Gasteiger partial charge in [0.2, 0.25) is 0 Å². The molecule has 0 aliphatic rings. The first-order chi connectivity index (χ1) is 9.84. The summed E-state index contributed by atoms with van der Waals surface area (Å²) in [7, 11) is -4.26. The van der Waals surface area contributed by atoms with Crippen molar-refractivity contribution in [1.29, 1.82) is 0 Å². The normalized spacial score (nSPS) is 12.0. The van der Waals surface area contributed by atoms with Crippen molar-refractivity contribution in [3.05, 3.63) is 47.5 Å². The van der Waals surface area contributed by atoms with Crippen molar-refractivity contribution in [2.24, 2.45) is 0 Å². The standard InChI is InChI=1S/C14H9ClO4PS/c15-11-5-8(2-4-12(11)16)13-6-9-1-3-10(20(17,18)19)7-14(9)21-13/h1-5,7,16H,(H2,17,18,19). The molecule has 1 aromatic heterocycles. The fraction of sp³-hybridized carbons (Fsp3) is 0. The van der Waals surface area contributed by atoms with Gasteiger partial charge in [-0.15, -0.1) is 11.3 Å². The third-order valence-electron chi connectivity index (χ3n) is 2.97. The topological polar surface area (TPSA) is 77.8 Å². The number of hydrogen-bond donors (Lipinski definition) is 3. The molecule has 7 heteroatoms. The minimum Gasteiger partial charge on any atom is -0.506 e. The Morgan fingerprint density at radius 1 is 1.14 bits per heavy atom. The summed E-state index contributed by atoms with van der Waals surface area (Å²) in [6.07, 6.45) is 0. The van der Waals surface area contributed by atoms with Crippen LogP contribution in [-0.4, -0.2) is 14.9 Å². The second-order valence-corrected chi connectivity index (χ2v) is 7.51. The second kappa shape index (κ2) is 5.13. The van der Waals surface area contributed by atoms with Crippen LogP contribution in [-0.2, 0) is 4.57 Å². The lowest BCUT2D eigenvalue weighted by Gasteiger charge is -2.02. The Hall–Kier alpha value is -1.36. The van der Waals surface area contributed by atoms with E-state index >= 15 is 0 Å². The molecule has 0 saturated heterocycles. The van der Waals surface area contributed by atoms with Crippen LogP contribution in [0.4, 0.5) is 0 Å². The summed E-state index contributed by atoms with van der Waals surface area (Å²) in [5.74, 6) is 0.00492. The lowest BCUT2D eigenvalue weighted by Crippen LogP contribution is -2.01. The van der Waals surface area contributed by atoms with Crippen LogP contribution >= 0.6 is 30.5 Å². The maximum atomic E-state index is 11.3. The van der Waals surface area contributed by atoms with Gasteiger partial charge in [0.1, 0.15) is 5.75 Å². The van der Waals surface area contributed by atoms with Crippen LogP contribution in [0.2, 0.25) is 5.02 Å². The smallest absolute Gasteiger partial charge is 0.356 e. The highest BCUT2D eigenvalue weighted by molar-refractivity contribution is 7.60. The zero-order valence-corrected chi connectivity index (χ0v) is 12.9. The highest BCUT2D eigenvalue weighted by Gasteiger charge is 2.18.